The van der Waals surface area contributed by atoms with Gasteiger partial charge in [0, 0.05) is 18.8 Å². The van der Waals surface area contributed by atoms with E-state index in [9.17, 15) is 9.59 Å². The Morgan fingerprint density at radius 2 is 2.14 bits per heavy atom. The minimum atomic E-state index is -0.0238. The Bertz CT molecular complexity index is 553. The summed E-state index contributed by atoms with van der Waals surface area (Å²) in [4.78, 5) is 26.4. The average Bonchev–Trinajstić information content (AvgIpc) is 2.59. The predicted octanol–water partition coefficient (Wildman–Crippen LogP) is 1.08. The van der Waals surface area contributed by atoms with Crippen LogP contribution in [0.15, 0.2) is 24.3 Å². The van der Waals surface area contributed by atoms with Crippen LogP contribution in [-0.2, 0) is 16.0 Å². The number of carbonyl (C=O) groups is 2. The summed E-state index contributed by atoms with van der Waals surface area (Å²) in [6.07, 6.45) is 3.91. The normalized spacial score (nSPS) is 21.1. The highest BCUT2D eigenvalue weighted by atomic mass is 16.2. The number of para-hydroxylation sites is 1. The fourth-order valence-electron chi connectivity index (χ4n) is 3.27. The van der Waals surface area contributed by atoms with Crippen molar-refractivity contribution in [2.75, 3.05) is 31.1 Å². The van der Waals surface area contributed by atoms with E-state index in [-0.39, 0.29) is 24.3 Å². The zero-order chi connectivity index (χ0) is 15.4. The number of piperidine rings is 1. The minimum Gasteiger partial charge on any atom is -0.347 e. The van der Waals surface area contributed by atoms with Crippen molar-refractivity contribution in [1.82, 2.24) is 10.6 Å². The van der Waals surface area contributed by atoms with E-state index in [0.717, 1.165) is 44.5 Å². The molecule has 1 aromatic carbocycles. The summed E-state index contributed by atoms with van der Waals surface area (Å²) in [5.41, 5.74) is 2.21. The van der Waals surface area contributed by atoms with Gasteiger partial charge in [-0.1, -0.05) is 18.2 Å². The Labute approximate surface area is 131 Å². The molecule has 3 rings (SSSR count). The van der Waals surface area contributed by atoms with E-state index >= 15 is 0 Å². The number of nitrogens with one attached hydrogen (secondary N) is 2. The maximum atomic E-state index is 12.4. The molecule has 1 unspecified atom stereocenters. The zero-order valence-corrected chi connectivity index (χ0v) is 12.8. The van der Waals surface area contributed by atoms with E-state index in [1.165, 1.54) is 5.56 Å². The molecule has 1 saturated heterocycles. The van der Waals surface area contributed by atoms with Crippen molar-refractivity contribution < 1.29 is 9.59 Å². The molecule has 2 aliphatic heterocycles. The molecule has 1 aromatic rings. The Kier molecular flexibility index (Phi) is 4.73. The molecule has 0 spiro atoms. The van der Waals surface area contributed by atoms with Gasteiger partial charge >= 0.3 is 0 Å². The first-order valence-electron chi connectivity index (χ1n) is 8.12. The van der Waals surface area contributed by atoms with Crippen LogP contribution in [0.5, 0.6) is 0 Å². The van der Waals surface area contributed by atoms with Crippen molar-refractivity contribution in [1.29, 1.82) is 0 Å². The lowest BCUT2D eigenvalue weighted by Crippen LogP contribution is -2.46. The smallest absolute Gasteiger partial charge is 0.246 e. The number of nitrogens with zero attached hydrogens (tertiary/aromatic N) is 1. The van der Waals surface area contributed by atoms with Crippen LogP contribution in [0.3, 0.4) is 0 Å². The van der Waals surface area contributed by atoms with Gasteiger partial charge in [0.05, 0.1) is 12.5 Å². The highest BCUT2D eigenvalue weighted by Gasteiger charge is 2.24. The van der Waals surface area contributed by atoms with Gasteiger partial charge in [-0.05, 0) is 43.9 Å². The Hall–Kier alpha value is -1.88. The summed E-state index contributed by atoms with van der Waals surface area (Å²) in [6.45, 7) is 2.51. The number of benzene rings is 1. The van der Waals surface area contributed by atoms with Crippen molar-refractivity contribution >= 4 is 17.5 Å². The molecular formula is C17H23N3O2. The first-order chi connectivity index (χ1) is 10.8. The van der Waals surface area contributed by atoms with Gasteiger partial charge in [0.15, 0.2) is 0 Å². The largest absolute Gasteiger partial charge is 0.347 e. The topological polar surface area (TPSA) is 61.4 Å². The molecule has 0 aromatic heterocycles. The average molecular weight is 301 g/mol. The van der Waals surface area contributed by atoms with Crippen LogP contribution >= 0.6 is 0 Å². The number of aryl methyl sites for hydroxylation is 1. The Balaban J connectivity index is 1.57. The maximum absolute atomic E-state index is 12.4. The van der Waals surface area contributed by atoms with E-state index in [1.807, 2.05) is 18.2 Å². The third kappa shape index (κ3) is 3.30. The number of hydrogen-bond acceptors (Lipinski definition) is 3. The van der Waals surface area contributed by atoms with Crippen molar-refractivity contribution in [3.05, 3.63) is 29.8 Å². The lowest BCUT2D eigenvalue weighted by molar-refractivity contribution is -0.128. The quantitative estimate of drug-likeness (QED) is 0.878. The van der Waals surface area contributed by atoms with Crippen molar-refractivity contribution in [3.63, 3.8) is 0 Å². The van der Waals surface area contributed by atoms with Gasteiger partial charge in [0.2, 0.25) is 11.8 Å². The number of hydrogen-bond donors (Lipinski definition) is 2. The first-order valence-corrected chi connectivity index (χ1v) is 8.12. The fraction of sp³-hybridized carbons (Fsp3) is 0.529. The summed E-state index contributed by atoms with van der Waals surface area (Å²) in [7, 11) is 0. The molecule has 5 nitrogen and oxygen atoms in total. The summed E-state index contributed by atoms with van der Waals surface area (Å²) < 4.78 is 0. The van der Waals surface area contributed by atoms with Crippen LogP contribution in [0, 0.1) is 5.92 Å². The number of anilines is 1. The van der Waals surface area contributed by atoms with Gasteiger partial charge in [-0.3, -0.25) is 9.59 Å². The Morgan fingerprint density at radius 1 is 1.27 bits per heavy atom. The molecule has 2 aliphatic rings. The second kappa shape index (κ2) is 6.92. The third-order valence-corrected chi connectivity index (χ3v) is 4.49. The number of fused-ring (bicyclic) bond motifs is 1. The molecule has 0 saturated carbocycles. The van der Waals surface area contributed by atoms with Crippen LogP contribution in [0.4, 0.5) is 5.69 Å². The standard InChI is InChI=1S/C17H23N3O2/c21-16(12-19-17(22)14-6-3-9-18-11-14)20-10-4-7-13-5-1-2-8-15(13)20/h1-2,5,8,14,18H,3-4,6-7,9-12H2,(H,19,22). The van der Waals surface area contributed by atoms with Crippen LogP contribution < -0.4 is 15.5 Å². The molecule has 1 atom stereocenters. The molecule has 22 heavy (non-hydrogen) atoms. The summed E-state index contributed by atoms with van der Waals surface area (Å²) in [5.74, 6) is -0.0368. The molecule has 0 bridgehead atoms. The first kappa shape index (κ1) is 15.0. The highest BCUT2D eigenvalue weighted by molar-refractivity contribution is 5.97. The van der Waals surface area contributed by atoms with E-state index in [4.69, 9.17) is 0 Å². The third-order valence-electron chi connectivity index (χ3n) is 4.49. The predicted molar refractivity (Wildman–Crippen MR) is 85.7 cm³/mol. The van der Waals surface area contributed by atoms with Crippen molar-refractivity contribution in [3.8, 4) is 0 Å². The van der Waals surface area contributed by atoms with Gasteiger partial charge in [0.1, 0.15) is 0 Å². The van der Waals surface area contributed by atoms with Gasteiger partial charge in [-0.2, -0.15) is 0 Å². The van der Waals surface area contributed by atoms with E-state index < -0.39 is 0 Å². The van der Waals surface area contributed by atoms with Crippen LogP contribution in [0.1, 0.15) is 24.8 Å². The number of amides is 2. The molecule has 0 radical (unpaired) electrons. The number of carbonyl (C=O) groups excluding carboxylic acids is 2. The second-order valence-corrected chi connectivity index (χ2v) is 6.04. The van der Waals surface area contributed by atoms with Crippen LogP contribution in [0.25, 0.3) is 0 Å². The SMILES string of the molecule is O=C(NCC(=O)N1CCCc2ccccc21)C1CCCNC1. The molecule has 2 N–H and O–H groups in total. The molecule has 5 heteroatoms. The Morgan fingerprint density at radius 3 is 2.95 bits per heavy atom. The number of rotatable bonds is 3. The minimum absolute atomic E-state index is 0.00445. The fourth-order valence-corrected chi connectivity index (χ4v) is 3.27. The zero-order valence-electron chi connectivity index (χ0n) is 12.8. The summed E-state index contributed by atoms with van der Waals surface area (Å²) in [5, 5.41) is 6.03. The second-order valence-electron chi connectivity index (χ2n) is 6.04. The van der Waals surface area contributed by atoms with Crippen molar-refractivity contribution in [2.24, 2.45) is 5.92 Å². The van der Waals surface area contributed by atoms with Gasteiger partial charge in [-0.25, -0.2) is 0 Å². The van der Waals surface area contributed by atoms with Crippen LogP contribution in [0.2, 0.25) is 0 Å². The molecular weight excluding hydrogens is 278 g/mol. The van der Waals surface area contributed by atoms with E-state index in [2.05, 4.69) is 16.7 Å². The van der Waals surface area contributed by atoms with E-state index in [1.54, 1.807) is 4.90 Å². The molecule has 0 aliphatic carbocycles. The summed E-state index contributed by atoms with van der Waals surface area (Å²) >= 11 is 0. The van der Waals surface area contributed by atoms with E-state index in [0.29, 0.717) is 6.54 Å². The molecule has 1 fully saturated rings. The molecule has 2 heterocycles. The van der Waals surface area contributed by atoms with Crippen molar-refractivity contribution in [2.45, 2.75) is 25.7 Å². The van der Waals surface area contributed by atoms with Gasteiger partial charge in [-0.15, -0.1) is 0 Å². The summed E-state index contributed by atoms with van der Waals surface area (Å²) in [6, 6.07) is 8.02. The molecule has 2 amide bonds. The molecule has 118 valence electrons. The highest BCUT2D eigenvalue weighted by Crippen LogP contribution is 2.26. The van der Waals surface area contributed by atoms with Crippen LogP contribution in [-0.4, -0.2) is 38.0 Å². The van der Waals surface area contributed by atoms with Gasteiger partial charge in [0.25, 0.3) is 0 Å². The lowest BCUT2D eigenvalue weighted by Gasteiger charge is -2.30. The van der Waals surface area contributed by atoms with Gasteiger partial charge < -0.3 is 15.5 Å². The monoisotopic (exact) mass is 301 g/mol. The maximum Gasteiger partial charge on any atom is 0.246 e. The lowest BCUT2D eigenvalue weighted by atomic mass is 9.99.